The van der Waals surface area contributed by atoms with Gasteiger partial charge < -0.3 is 15.0 Å². The minimum atomic E-state index is -0.470. The standard InChI is InChI=1S/C19H24N4O4/c1-14-17(19(20)24)13-18(15-3-5-16(6-4-15)23(25)26)22(14)8-2-7-21-9-11-27-12-10-21/h3-6,13H,2,7-12H2,1H3,(H2,20,24). The quantitative estimate of drug-likeness (QED) is 0.593. The number of carbonyl (C=O) groups is 1. The second-order valence-corrected chi connectivity index (χ2v) is 6.66. The van der Waals surface area contributed by atoms with Crippen LogP contribution in [0.15, 0.2) is 30.3 Å². The van der Waals surface area contributed by atoms with E-state index in [1.165, 1.54) is 12.1 Å². The van der Waals surface area contributed by atoms with Crippen LogP contribution in [0.25, 0.3) is 11.3 Å². The lowest BCUT2D eigenvalue weighted by atomic mass is 10.1. The Kier molecular flexibility index (Phi) is 5.88. The van der Waals surface area contributed by atoms with Crippen LogP contribution >= 0.6 is 0 Å². The molecule has 2 heterocycles. The van der Waals surface area contributed by atoms with Crippen LogP contribution in [-0.4, -0.2) is 53.1 Å². The molecule has 0 atom stereocenters. The Bertz CT molecular complexity index is 823. The van der Waals surface area contributed by atoms with Gasteiger partial charge in [-0.2, -0.15) is 0 Å². The van der Waals surface area contributed by atoms with E-state index in [1.807, 2.05) is 6.92 Å². The predicted molar refractivity (Wildman–Crippen MR) is 102 cm³/mol. The lowest BCUT2D eigenvalue weighted by Gasteiger charge is -2.26. The number of nitrogens with zero attached hydrogens (tertiary/aromatic N) is 3. The second-order valence-electron chi connectivity index (χ2n) is 6.66. The number of nitrogens with two attached hydrogens (primary N) is 1. The minimum absolute atomic E-state index is 0.0380. The summed E-state index contributed by atoms with van der Waals surface area (Å²) in [5.41, 5.74) is 8.52. The number of rotatable bonds is 7. The Hall–Kier alpha value is -2.71. The van der Waals surface area contributed by atoms with Crippen molar-refractivity contribution in [1.82, 2.24) is 9.47 Å². The average molecular weight is 372 g/mol. The summed E-state index contributed by atoms with van der Waals surface area (Å²) < 4.78 is 7.44. The third-order valence-corrected chi connectivity index (χ3v) is 4.97. The van der Waals surface area contributed by atoms with Crippen LogP contribution in [0.3, 0.4) is 0 Å². The molecule has 0 bridgehead atoms. The Balaban J connectivity index is 1.82. The molecule has 27 heavy (non-hydrogen) atoms. The number of ether oxygens (including phenoxy) is 1. The highest BCUT2D eigenvalue weighted by molar-refractivity contribution is 5.95. The van der Waals surface area contributed by atoms with Crippen molar-refractivity contribution >= 4 is 11.6 Å². The Morgan fingerprint density at radius 3 is 2.48 bits per heavy atom. The lowest BCUT2D eigenvalue weighted by Crippen LogP contribution is -2.37. The molecule has 1 amide bonds. The molecule has 1 aromatic heterocycles. The summed E-state index contributed by atoms with van der Waals surface area (Å²) in [6.07, 6.45) is 0.924. The van der Waals surface area contributed by atoms with Crippen LogP contribution in [0.2, 0.25) is 0 Å². The molecule has 0 unspecified atom stereocenters. The van der Waals surface area contributed by atoms with E-state index in [1.54, 1.807) is 18.2 Å². The van der Waals surface area contributed by atoms with Crippen LogP contribution in [0, 0.1) is 17.0 Å². The average Bonchev–Trinajstić information content (AvgIpc) is 2.99. The highest BCUT2D eigenvalue weighted by Gasteiger charge is 2.18. The summed E-state index contributed by atoms with van der Waals surface area (Å²) in [4.78, 5) is 24.6. The van der Waals surface area contributed by atoms with Crippen LogP contribution in [-0.2, 0) is 11.3 Å². The van der Waals surface area contributed by atoms with Crippen LogP contribution in [0.4, 0.5) is 5.69 Å². The maximum Gasteiger partial charge on any atom is 0.269 e. The fourth-order valence-corrected chi connectivity index (χ4v) is 3.45. The first-order valence-corrected chi connectivity index (χ1v) is 9.02. The van der Waals surface area contributed by atoms with Crippen LogP contribution < -0.4 is 5.73 Å². The second kappa shape index (κ2) is 8.32. The maximum atomic E-state index is 11.8. The van der Waals surface area contributed by atoms with E-state index in [0.717, 1.165) is 62.8 Å². The molecule has 0 saturated carbocycles. The van der Waals surface area contributed by atoms with Crippen molar-refractivity contribution in [3.8, 4) is 11.3 Å². The molecule has 144 valence electrons. The van der Waals surface area contributed by atoms with E-state index in [-0.39, 0.29) is 5.69 Å². The van der Waals surface area contributed by atoms with Crippen molar-refractivity contribution in [2.75, 3.05) is 32.8 Å². The number of benzene rings is 1. The van der Waals surface area contributed by atoms with E-state index in [9.17, 15) is 14.9 Å². The van der Waals surface area contributed by atoms with Gasteiger partial charge in [0.15, 0.2) is 0 Å². The van der Waals surface area contributed by atoms with Crippen molar-refractivity contribution < 1.29 is 14.5 Å². The van der Waals surface area contributed by atoms with Gasteiger partial charge in [-0.05, 0) is 37.1 Å². The Morgan fingerprint density at radius 2 is 1.89 bits per heavy atom. The molecular formula is C19H24N4O4. The molecule has 0 aliphatic carbocycles. The molecule has 1 aliphatic rings. The summed E-state index contributed by atoms with van der Waals surface area (Å²) in [5.74, 6) is -0.470. The lowest BCUT2D eigenvalue weighted by molar-refractivity contribution is -0.384. The van der Waals surface area contributed by atoms with Gasteiger partial charge in [0.05, 0.1) is 23.7 Å². The van der Waals surface area contributed by atoms with Crippen molar-refractivity contribution in [2.45, 2.75) is 19.9 Å². The molecular weight excluding hydrogens is 348 g/mol. The zero-order valence-corrected chi connectivity index (χ0v) is 15.4. The molecule has 1 saturated heterocycles. The van der Waals surface area contributed by atoms with Gasteiger partial charge >= 0.3 is 0 Å². The first-order chi connectivity index (χ1) is 13.0. The van der Waals surface area contributed by atoms with Gasteiger partial charge in [-0.1, -0.05) is 0 Å². The molecule has 0 spiro atoms. The first kappa shape index (κ1) is 19.1. The number of primary amides is 1. The van der Waals surface area contributed by atoms with Gasteiger partial charge in [-0.3, -0.25) is 19.8 Å². The molecule has 0 radical (unpaired) electrons. The summed E-state index contributed by atoms with van der Waals surface area (Å²) in [5, 5.41) is 10.9. The molecule has 1 aromatic carbocycles. The number of carbonyl (C=O) groups excluding carboxylic acids is 1. The van der Waals surface area contributed by atoms with Gasteiger partial charge in [0, 0.05) is 49.7 Å². The monoisotopic (exact) mass is 372 g/mol. The third kappa shape index (κ3) is 4.35. The fourth-order valence-electron chi connectivity index (χ4n) is 3.45. The van der Waals surface area contributed by atoms with Crippen molar-refractivity contribution in [3.05, 3.63) is 51.7 Å². The van der Waals surface area contributed by atoms with Crippen LogP contribution in [0.1, 0.15) is 22.5 Å². The Labute approximate surface area is 157 Å². The van der Waals surface area contributed by atoms with Gasteiger partial charge in [-0.25, -0.2) is 0 Å². The summed E-state index contributed by atoms with van der Waals surface area (Å²) in [7, 11) is 0. The summed E-state index contributed by atoms with van der Waals surface area (Å²) in [6.45, 7) is 6.97. The normalized spacial score (nSPS) is 15.0. The number of morpholine rings is 1. The van der Waals surface area contributed by atoms with E-state index >= 15 is 0 Å². The van der Waals surface area contributed by atoms with Crippen molar-refractivity contribution in [1.29, 1.82) is 0 Å². The maximum absolute atomic E-state index is 11.8. The largest absolute Gasteiger partial charge is 0.379 e. The minimum Gasteiger partial charge on any atom is -0.379 e. The number of nitro groups is 1. The number of amides is 1. The number of hydrogen-bond donors (Lipinski definition) is 1. The third-order valence-electron chi connectivity index (χ3n) is 4.97. The highest BCUT2D eigenvalue weighted by atomic mass is 16.6. The number of hydrogen-bond acceptors (Lipinski definition) is 5. The topological polar surface area (TPSA) is 104 Å². The van der Waals surface area contributed by atoms with E-state index in [0.29, 0.717) is 5.56 Å². The number of nitro benzene ring substituents is 1. The fraction of sp³-hybridized carbons (Fsp3) is 0.421. The van der Waals surface area contributed by atoms with Crippen LogP contribution in [0.5, 0.6) is 0 Å². The molecule has 1 fully saturated rings. The molecule has 3 rings (SSSR count). The smallest absolute Gasteiger partial charge is 0.269 e. The highest BCUT2D eigenvalue weighted by Crippen LogP contribution is 2.28. The first-order valence-electron chi connectivity index (χ1n) is 9.02. The van der Waals surface area contributed by atoms with E-state index < -0.39 is 10.8 Å². The van der Waals surface area contributed by atoms with E-state index in [4.69, 9.17) is 10.5 Å². The molecule has 2 N–H and O–H groups in total. The predicted octanol–water partition coefficient (Wildman–Crippen LogP) is 2.19. The Morgan fingerprint density at radius 1 is 1.22 bits per heavy atom. The van der Waals surface area contributed by atoms with Gasteiger partial charge in [0.25, 0.3) is 11.6 Å². The number of aromatic nitrogens is 1. The zero-order valence-electron chi connectivity index (χ0n) is 15.4. The van der Waals surface area contributed by atoms with Gasteiger partial charge in [0.1, 0.15) is 0 Å². The molecule has 8 heteroatoms. The summed E-state index contributed by atoms with van der Waals surface area (Å²) in [6, 6.07) is 8.12. The number of non-ortho nitro benzene ring substituents is 1. The summed E-state index contributed by atoms with van der Waals surface area (Å²) >= 11 is 0. The molecule has 8 nitrogen and oxygen atoms in total. The van der Waals surface area contributed by atoms with E-state index in [2.05, 4.69) is 9.47 Å². The SMILES string of the molecule is Cc1c(C(N)=O)cc(-c2ccc([N+](=O)[O-])cc2)n1CCCN1CCOCC1. The van der Waals surface area contributed by atoms with Crippen molar-refractivity contribution in [2.24, 2.45) is 5.73 Å². The van der Waals surface area contributed by atoms with Gasteiger partial charge in [0.2, 0.25) is 0 Å². The van der Waals surface area contributed by atoms with Gasteiger partial charge in [-0.15, -0.1) is 0 Å². The zero-order chi connectivity index (χ0) is 19.4. The molecule has 2 aromatic rings. The van der Waals surface area contributed by atoms with Crippen molar-refractivity contribution in [3.63, 3.8) is 0 Å². The molecule has 1 aliphatic heterocycles.